The van der Waals surface area contributed by atoms with Gasteiger partial charge in [-0.25, -0.2) is 26.9 Å². The Morgan fingerprint density at radius 2 is 1.46 bits per heavy atom. The van der Waals surface area contributed by atoms with E-state index < -0.39 is 53.2 Å². The van der Waals surface area contributed by atoms with Crippen molar-refractivity contribution in [3.63, 3.8) is 0 Å². The minimum Gasteiger partial charge on any atom is -0.387 e. The zero-order chi connectivity index (χ0) is 27.9. The van der Waals surface area contributed by atoms with Gasteiger partial charge in [0.05, 0.1) is 24.8 Å². The van der Waals surface area contributed by atoms with Crippen molar-refractivity contribution in [1.82, 2.24) is 14.9 Å². The Labute approximate surface area is 221 Å². The lowest BCUT2D eigenvalue weighted by atomic mass is 10.1. The van der Waals surface area contributed by atoms with Gasteiger partial charge in [-0.2, -0.15) is 0 Å². The SMILES string of the molecule is O=C(Cc1nc(CCNC[C@H](O)c2ccccc2)cn1Cc1c(F)c(F)c(F)c(F)c1F)Nc1ccccc1. The number of imidazole rings is 1. The zero-order valence-electron chi connectivity index (χ0n) is 20.6. The fourth-order valence-corrected chi connectivity index (χ4v) is 3.99. The number of aliphatic hydroxyl groups is 1. The van der Waals surface area contributed by atoms with Crippen molar-refractivity contribution in [2.45, 2.75) is 25.5 Å². The molecular weight excluding hydrogens is 519 g/mol. The molecule has 11 heteroatoms. The fourth-order valence-electron chi connectivity index (χ4n) is 3.99. The van der Waals surface area contributed by atoms with Crippen LogP contribution < -0.4 is 10.6 Å². The van der Waals surface area contributed by atoms with Crippen molar-refractivity contribution in [3.05, 3.63) is 119 Å². The first-order valence-corrected chi connectivity index (χ1v) is 12.1. The molecule has 1 aromatic heterocycles. The van der Waals surface area contributed by atoms with E-state index in [9.17, 15) is 31.9 Å². The molecule has 39 heavy (non-hydrogen) atoms. The molecule has 0 bridgehead atoms. The summed E-state index contributed by atoms with van der Waals surface area (Å²) in [7, 11) is 0. The van der Waals surface area contributed by atoms with E-state index in [-0.39, 0.29) is 18.8 Å². The summed E-state index contributed by atoms with van der Waals surface area (Å²) >= 11 is 0. The molecule has 4 rings (SSSR count). The molecule has 3 N–H and O–H groups in total. The van der Waals surface area contributed by atoms with Crippen molar-refractivity contribution >= 4 is 11.6 Å². The number of anilines is 1. The van der Waals surface area contributed by atoms with Crippen molar-refractivity contribution in [1.29, 1.82) is 0 Å². The molecule has 0 aliphatic carbocycles. The van der Waals surface area contributed by atoms with Gasteiger partial charge in [-0.05, 0) is 17.7 Å². The van der Waals surface area contributed by atoms with E-state index in [4.69, 9.17) is 0 Å². The second kappa shape index (κ2) is 12.6. The van der Waals surface area contributed by atoms with Gasteiger partial charge in [0.2, 0.25) is 11.7 Å². The van der Waals surface area contributed by atoms with E-state index >= 15 is 0 Å². The number of para-hydroxylation sites is 1. The van der Waals surface area contributed by atoms with E-state index in [2.05, 4.69) is 15.6 Å². The smallest absolute Gasteiger partial charge is 0.231 e. The van der Waals surface area contributed by atoms with Crippen LogP contribution >= 0.6 is 0 Å². The normalized spacial score (nSPS) is 11.9. The predicted molar refractivity (Wildman–Crippen MR) is 134 cm³/mol. The molecule has 4 aromatic rings. The number of aliphatic hydroxyl groups excluding tert-OH is 1. The lowest BCUT2D eigenvalue weighted by Gasteiger charge is -2.12. The topological polar surface area (TPSA) is 79.2 Å². The number of carbonyl (C=O) groups excluding carboxylic acids is 1. The van der Waals surface area contributed by atoms with Crippen LogP contribution in [0.1, 0.15) is 28.7 Å². The highest BCUT2D eigenvalue weighted by Gasteiger charge is 2.26. The Morgan fingerprint density at radius 1 is 0.872 bits per heavy atom. The first kappa shape index (κ1) is 27.9. The maximum absolute atomic E-state index is 14.4. The van der Waals surface area contributed by atoms with Crippen molar-refractivity contribution in [2.75, 3.05) is 18.4 Å². The van der Waals surface area contributed by atoms with Crippen LogP contribution in [0.2, 0.25) is 0 Å². The van der Waals surface area contributed by atoms with Crippen LogP contribution in [-0.2, 0) is 24.2 Å². The second-order valence-corrected chi connectivity index (χ2v) is 8.80. The summed E-state index contributed by atoms with van der Waals surface area (Å²) in [6, 6.07) is 17.6. The van der Waals surface area contributed by atoms with Crippen LogP contribution in [0.3, 0.4) is 0 Å². The highest BCUT2D eigenvalue weighted by Crippen LogP contribution is 2.24. The minimum atomic E-state index is -2.24. The summed E-state index contributed by atoms with van der Waals surface area (Å²) in [6.45, 7) is -0.117. The number of rotatable bonds is 11. The van der Waals surface area contributed by atoms with Gasteiger partial charge >= 0.3 is 0 Å². The molecule has 0 aliphatic heterocycles. The van der Waals surface area contributed by atoms with Crippen molar-refractivity contribution < 1.29 is 31.9 Å². The number of hydrogen-bond donors (Lipinski definition) is 3. The number of aromatic nitrogens is 2. The maximum atomic E-state index is 14.4. The van der Waals surface area contributed by atoms with Crippen molar-refractivity contribution in [2.24, 2.45) is 0 Å². The number of benzene rings is 3. The molecule has 0 saturated heterocycles. The van der Waals surface area contributed by atoms with E-state index in [0.29, 0.717) is 24.3 Å². The molecule has 204 valence electrons. The van der Waals surface area contributed by atoms with Gasteiger partial charge in [0, 0.05) is 37.0 Å². The molecule has 0 aliphatic rings. The van der Waals surface area contributed by atoms with E-state index in [1.165, 1.54) is 10.8 Å². The predicted octanol–water partition coefficient (Wildman–Crippen LogP) is 4.67. The third-order valence-corrected chi connectivity index (χ3v) is 5.99. The van der Waals surface area contributed by atoms with Crippen LogP contribution in [0.15, 0.2) is 66.9 Å². The molecule has 0 radical (unpaired) electrons. The standard InChI is InChI=1S/C28H25F5N4O2/c29-24-20(25(30)27(32)28(33)26(24)31)16-37-15-19(11-12-34-14-21(38)17-7-3-1-4-8-17)35-22(37)13-23(39)36-18-9-5-2-6-10-18/h1-10,15,21,34,38H,11-14,16H2,(H,36,39)/t21-/m0/s1. The molecule has 3 aromatic carbocycles. The summed E-state index contributed by atoms with van der Waals surface area (Å²) in [5.74, 6) is -10.6. The van der Waals surface area contributed by atoms with E-state index in [0.717, 1.165) is 5.56 Å². The second-order valence-electron chi connectivity index (χ2n) is 8.80. The van der Waals surface area contributed by atoms with E-state index in [1.807, 2.05) is 18.2 Å². The Bertz CT molecular complexity index is 1400. The largest absolute Gasteiger partial charge is 0.387 e. The summed E-state index contributed by atoms with van der Waals surface area (Å²) in [6.07, 6.45) is 0.650. The third kappa shape index (κ3) is 6.87. The fraction of sp³-hybridized carbons (Fsp3) is 0.214. The monoisotopic (exact) mass is 544 g/mol. The van der Waals surface area contributed by atoms with Gasteiger partial charge in [0.15, 0.2) is 23.3 Å². The lowest BCUT2D eigenvalue weighted by molar-refractivity contribution is -0.115. The quantitative estimate of drug-likeness (QED) is 0.111. The maximum Gasteiger partial charge on any atom is 0.231 e. The zero-order valence-corrected chi connectivity index (χ0v) is 20.6. The number of nitrogens with one attached hydrogen (secondary N) is 2. The summed E-state index contributed by atoms with van der Waals surface area (Å²) in [5, 5.41) is 16.0. The van der Waals surface area contributed by atoms with Gasteiger partial charge in [-0.3, -0.25) is 4.79 Å². The van der Waals surface area contributed by atoms with Crippen LogP contribution in [0.4, 0.5) is 27.6 Å². The van der Waals surface area contributed by atoms with Gasteiger partial charge in [-0.1, -0.05) is 48.5 Å². The number of amides is 1. The molecule has 1 heterocycles. The molecule has 0 spiro atoms. The average Bonchev–Trinajstić information content (AvgIpc) is 3.32. The highest BCUT2D eigenvalue weighted by molar-refractivity contribution is 5.91. The number of nitrogens with zero attached hydrogens (tertiary/aromatic N) is 2. The summed E-state index contributed by atoms with van der Waals surface area (Å²) in [5.41, 5.74) is 0.637. The Morgan fingerprint density at radius 3 is 2.10 bits per heavy atom. The van der Waals surface area contributed by atoms with Crippen LogP contribution in [-0.4, -0.2) is 33.7 Å². The summed E-state index contributed by atoms with van der Waals surface area (Å²) in [4.78, 5) is 17.0. The highest BCUT2D eigenvalue weighted by atomic mass is 19.2. The lowest BCUT2D eigenvalue weighted by Crippen LogP contribution is -2.23. The average molecular weight is 545 g/mol. The third-order valence-electron chi connectivity index (χ3n) is 5.99. The first-order valence-electron chi connectivity index (χ1n) is 12.1. The number of carbonyl (C=O) groups is 1. The summed E-state index contributed by atoms with van der Waals surface area (Å²) < 4.78 is 71.0. The van der Waals surface area contributed by atoms with Gasteiger partial charge in [0.1, 0.15) is 5.82 Å². The van der Waals surface area contributed by atoms with Crippen LogP contribution in [0, 0.1) is 29.1 Å². The number of hydrogen-bond acceptors (Lipinski definition) is 4. The number of halogens is 5. The van der Waals surface area contributed by atoms with E-state index in [1.54, 1.807) is 42.5 Å². The molecule has 6 nitrogen and oxygen atoms in total. The van der Waals surface area contributed by atoms with Crippen LogP contribution in [0.25, 0.3) is 0 Å². The van der Waals surface area contributed by atoms with Gasteiger partial charge < -0.3 is 20.3 Å². The molecule has 0 unspecified atom stereocenters. The van der Waals surface area contributed by atoms with Crippen LogP contribution in [0.5, 0.6) is 0 Å². The Hall–Kier alpha value is -4.09. The Kier molecular flexibility index (Phi) is 9.05. The Balaban J connectivity index is 1.51. The first-order chi connectivity index (χ1) is 18.7. The van der Waals surface area contributed by atoms with Gasteiger partial charge in [0.25, 0.3) is 0 Å². The molecule has 0 fully saturated rings. The minimum absolute atomic E-state index is 0.0756. The molecular formula is C28H25F5N4O2. The van der Waals surface area contributed by atoms with Crippen molar-refractivity contribution in [3.8, 4) is 0 Å². The molecule has 1 amide bonds. The molecule has 1 atom stereocenters. The van der Waals surface area contributed by atoms with Gasteiger partial charge in [-0.15, -0.1) is 0 Å². The molecule has 0 saturated carbocycles.